The first-order chi connectivity index (χ1) is 3.83. The highest BCUT2D eigenvalue weighted by Crippen LogP contribution is 2.09. The van der Waals surface area contributed by atoms with Gasteiger partial charge in [0, 0.05) is 22.9 Å². The van der Waals surface area contributed by atoms with Crippen molar-refractivity contribution in [2.75, 3.05) is 0 Å². The summed E-state index contributed by atoms with van der Waals surface area (Å²) in [6.07, 6.45) is 1.86. The van der Waals surface area contributed by atoms with Gasteiger partial charge in [-0.3, -0.25) is 0 Å². The average Bonchev–Trinajstić information content (AvgIpc) is 2.14. The molecule has 0 amide bonds. The topological polar surface area (TPSA) is 41.8 Å². The lowest BCUT2D eigenvalue weighted by molar-refractivity contribution is 1.01. The van der Waals surface area contributed by atoms with E-state index in [0.29, 0.717) is 6.54 Å². The number of nitrogens with one attached hydrogen (secondary N) is 1. The molecule has 0 saturated carbocycles. The maximum atomic E-state index is 5.31. The molecule has 1 heterocycles. The lowest BCUT2D eigenvalue weighted by Crippen LogP contribution is -1.94. The summed E-state index contributed by atoms with van der Waals surface area (Å²) in [7, 11) is 0. The molecule has 0 atom stereocenters. The van der Waals surface area contributed by atoms with Gasteiger partial charge in [-0.05, 0) is 22.0 Å². The van der Waals surface area contributed by atoms with Crippen molar-refractivity contribution >= 4 is 15.9 Å². The summed E-state index contributed by atoms with van der Waals surface area (Å²) in [6.45, 7) is 0.575. The Hall–Kier alpha value is -0.280. The smallest absolute Gasteiger partial charge is 0.0353 e. The zero-order chi connectivity index (χ0) is 5.98. The van der Waals surface area contributed by atoms with E-state index in [1.807, 2.05) is 12.3 Å². The third-order valence-electron chi connectivity index (χ3n) is 0.927. The van der Waals surface area contributed by atoms with Crippen LogP contribution >= 0.6 is 15.9 Å². The molecule has 0 saturated heterocycles. The second-order valence-corrected chi connectivity index (χ2v) is 2.46. The molecule has 2 nitrogen and oxygen atoms in total. The number of hydrogen-bond donors (Lipinski definition) is 2. The number of H-pyrrole nitrogens is 1. The summed E-state index contributed by atoms with van der Waals surface area (Å²) in [5.74, 6) is 0. The second kappa shape index (κ2) is 2.33. The van der Waals surface area contributed by atoms with Gasteiger partial charge in [0.1, 0.15) is 0 Å². The molecule has 3 N–H and O–H groups in total. The molecule has 0 aliphatic carbocycles. The number of halogens is 1. The molecule has 0 spiro atoms. The summed E-state index contributed by atoms with van der Waals surface area (Å²) in [5, 5.41) is 0. The first-order valence-corrected chi connectivity index (χ1v) is 3.15. The predicted octanol–water partition coefficient (Wildman–Crippen LogP) is 1.24. The minimum atomic E-state index is 0.575. The zero-order valence-corrected chi connectivity index (χ0v) is 5.90. The minimum Gasteiger partial charge on any atom is -0.363 e. The molecule has 0 unspecified atom stereocenters. The van der Waals surface area contributed by atoms with E-state index >= 15 is 0 Å². The van der Waals surface area contributed by atoms with Crippen LogP contribution in [0.5, 0.6) is 0 Å². The molecule has 1 rings (SSSR count). The number of hydrogen-bond acceptors (Lipinski definition) is 1. The van der Waals surface area contributed by atoms with Gasteiger partial charge in [0.2, 0.25) is 0 Å². The van der Waals surface area contributed by atoms with E-state index in [-0.39, 0.29) is 0 Å². The van der Waals surface area contributed by atoms with Crippen LogP contribution in [0, 0.1) is 0 Å². The Kier molecular flexibility index (Phi) is 1.70. The van der Waals surface area contributed by atoms with Gasteiger partial charge in [-0.15, -0.1) is 0 Å². The first kappa shape index (κ1) is 5.85. The number of aromatic nitrogens is 1. The van der Waals surface area contributed by atoms with Crippen LogP contribution in [0.4, 0.5) is 0 Å². The normalized spacial score (nSPS) is 9.75. The molecule has 0 aliphatic rings. The Morgan fingerprint density at radius 2 is 2.50 bits per heavy atom. The van der Waals surface area contributed by atoms with Gasteiger partial charge in [-0.2, -0.15) is 0 Å². The maximum Gasteiger partial charge on any atom is 0.0353 e. The largest absolute Gasteiger partial charge is 0.363 e. The van der Waals surface area contributed by atoms with Crippen molar-refractivity contribution in [2.45, 2.75) is 6.54 Å². The molecule has 44 valence electrons. The highest BCUT2D eigenvalue weighted by molar-refractivity contribution is 9.10. The number of aromatic amines is 1. The Labute approximate surface area is 56.2 Å². The molecule has 1 aromatic rings. The molecule has 0 aromatic carbocycles. The Balaban J connectivity index is 2.84. The Morgan fingerprint density at radius 1 is 1.75 bits per heavy atom. The van der Waals surface area contributed by atoms with Crippen molar-refractivity contribution in [1.82, 2.24) is 4.98 Å². The summed E-state index contributed by atoms with van der Waals surface area (Å²) in [4.78, 5) is 2.98. The molecule has 8 heavy (non-hydrogen) atoms. The van der Waals surface area contributed by atoms with E-state index in [2.05, 4.69) is 20.9 Å². The fourth-order valence-corrected chi connectivity index (χ4v) is 0.920. The van der Waals surface area contributed by atoms with E-state index in [1.165, 1.54) is 0 Å². The van der Waals surface area contributed by atoms with Crippen LogP contribution in [-0.4, -0.2) is 4.98 Å². The van der Waals surface area contributed by atoms with Crippen LogP contribution < -0.4 is 5.73 Å². The Morgan fingerprint density at radius 3 is 2.75 bits per heavy atom. The van der Waals surface area contributed by atoms with Crippen molar-refractivity contribution in [3.8, 4) is 0 Å². The van der Waals surface area contributed by atoms with E-state index in [4.69, 9.17) is 5.73 Å². The van der Waals surface area contributed by atoms with Gasteiger partial charge in [0.05, 0.1) is 0 Å². The molecular weight excluding hydrogens is 168 g/mol. The quantitative estimate of drug-likeness (QED) is 0.662. The minimum absolute atomic E-state index is 0.575. The van der Waals surface area contributed by atoms with Gasteiger partial charge < -0.3 is 10.7 Å². The van der Waals surface area contributed by atoms with Crippen LogP contribution in [0.2, 0.25) is 0 Å². The number of rotatable bonds is 1. The second-order valence-electron chi connectivity index (χ2n) is 1.55. The fourth-order valence-electron chi connectivity index (χ4n) is 0.529. The maximum absolute atomic E-state index is 5.31. The van der Waals surface area contributed by atoms with E-state index in [1.54, 1.807) is 0 Å². The third kappa shape index (κ3) is 1.11. The van der Waals surface area contributed by atoms with Crippen LogP contribution in [-0.2, 0) is 6.54 Å². The monoisotopic (exact) mass is 174 g/mol. The van der Waals surface area contributed by atoms with Crippen LogP contribution in [0.25, 0.3) is 0 Å². The van der Waals surface area contributed by atoms with Gasteiger partial charge in [-0.1, -0.05) is 0 Å². The van der Waals surface area contributed by atoms with E-state index < -0.39 is 0 Å². The SMILES string of the molecule is NCc1cc(Br)c[nH]1. The average molecular weight is 175 g/mol. The van der Waals surface area contributed by atoms with Gasteiger partial charge >= 0.3 is 0 Å². The van der Waals surface area contributed by atoms with Crippen molar-refractivity contribution in [2.24, 2.45) is 5.73 Å². The predicted molar refractivity (Wildman–Crippen MR) is 36.4 cm³/mol. The fraction of sp³-hybridized carbons (Fsp3) is 0.200. The molecule has 0 radical (unpaired) electrons. The molecule has 1 aromatic heterocycles. The van der Waals surface area contributed by atoms with Crippen molar-refractivity contribution < 1.29 is 0 Å². The third-order valence-corrected chi connectivity index (χ3v) is 1.39. The highest BCUT2D eigenvalue weighted by atomic mass is 79.9. The standard InChI is InChI=1S/C5H7BrN2/c6-4-1-5(2-7)8-3-4/h1,3,8H,2,7H2. The molecular formula is C5H7BrN2. The van der Waals surface area contributed by atoms with E-state index in [0.717, 1.165) is 10.2 Å². The lowest BCUT2D eigenvalue weighted by Gasteiger charge is -1.82. The van der Waals surface area contributed by atoms with Crippen LogP contribution in [0.1, 0.15) is 5.69 Å². The summed E-state index contributed by atoms with van der Waals surface area (Å²) >= 11 is 3.29. The van der Waals surface area contributed by atoms with Crippen LogP contribution in [0.3, 0.4) is 0 Å². The summed E-state index contributed by atoms with van der Waals surface area (Å²) in [6, 6.07) is 1.96. The van der Waals surface area contributed by atoms with E-state index in [9.17, 15) is 0 Å². The van der Waals surface area contributed by atoms with Crippen molar-refractivity contribution in [1.29, 1.82) is 0 Å². The van der Waals surface area contributed by atoms with Crippen LogP contribution in [0.15, 0.2) is 16.7 Å². The summed E-state index contributed by atoms with van der Waals surface area (Å²) < 4.78 is 1.05. The number of nitrogens with two attached hydrogens (primary N) is 1. The van der Waals surface area contributed by atoms with Crippen molar-refractivity contribution in [3.05, 3.63) is 22.4 Å². The molecule has 3 heteroatoms. The molecule has 0 fully saturated rings. The Bertz CT molecular complexity index is 171. The lowest BCUT2D eigenvalue weighted by atomic mass is 10.4. The first-order valence-electron chi connectivity index (χ1n) is 2.36. The van der Waals surface area contributed by atoms with Gasteiger partial charge in [-0.25, -0.2) is 0 Å². The zero-order valence-electron chi connectivity index (χ0n) is 4.32. The highest BCUT2D eigenvalue weighted by Gasteiger charge is 1.89. The molecule has 0 aliphatic heterocycles. The van der Waals surface area contributed by atoms with Gasteiger partial charge in [0.25, 0.3) is 0 Å². The summed E-state index contributed by atoms with van der Waals surface area (Å²) in [5.41, 5.74) is 6.36. The molecule has 0 bridgehead atoms. The van der Waals surface area contributed by atoms with Crippen molar-refractivity contribution in [3.63, 3.8) is 0 Å². The van der Waals surface area contributed by atoms with Gasteiger partial charge in [0.15, 0.2) is 0 Å².